The number of aromatic amines is 1. The molecule has 134 valence electrons. The Hall–Kier alpha value is -2.67. The van der Waals surface area contributed by atoms with Crippen molar-refractivity contribution in [2.75, 3.05) is 12.3 Å². The Morgan fingerprint density at radius 3 is 2.69 bits per heavy atom. The maximum absolute atomic E-state index is 13.8. The maximum Gasteiger partial charge on any atom is 0.230 e. The van der Waals surface area contributed by atoms with Gasteiger partial charge in [0.1, 0.15) is 5.82 Å². The Balaban J connectivity index is 1.49. The molecule has 3 aromatic rings. The quantitative estimate of drug-likeness (QED) is 0.623. The van der Waals surface area contributed by atoms with Crippen molar-refractivity contribution in [3.8, 4) is 11.4 Å². The van der Waals surface area contributed by atoms with Gasteiger partial charge in [0, 0.05) is 6.54 Å². The molecular formula is C19H19FN4OS. The molecule has 0 saturated heterocycles. The van der Waals surface area contributed by atoms with E-state index in [9.17, 15) is 9.18 Å². The number of hydrogen-bond donors (Lipinski definition) is 2. The van der Waals surface area contributed by atoms with E-state index in [1.165, 1.54) is 23.4 Å². The molecule has 0 aliphatic carbocycles. The highest BCUT2D eigenvalue weighted by atomic mass is 32.2. The number of rotatable bonds is 7. The third-order valence-corrected chi connectivity index (χ3v) is 4.75. The number of carbonyl (C=O) groups excluding carboxylic acids is 1. The molecule has 1 atom stereocenters. The van der Waals surface area contributed by atoms with E-state index in [1.807, 2.05) is 30.3 Å². The van der Waals surface area contributed by atoms with Crippen LogP contribution < -0.4 is 5.32 Å². The molecule has 0 radical (unpaired) electrons. The van der Waals surface area contributed by atoms with Gasteiger partial charge in [0.05, 0.1) is 11.3 Å². The third-order valence-electron chi connectivity index (χ3n) is 3.90. The van der Waals surface area contributed by atoms with Crippen molar-refractivity contribution in [2.45, 2.75) is 18.0 Å². The number of aromatic nitrogens is 3. The predicted octanol–water partition coefficient (Wildman–Crippen LogP) is 3.62. The summed E-state index contributed by atoms with van der Waals surface area (Å²) in [6.45, 7) is 2.64. The summed E-state index contributed by atoms with van der Waals surface area (Å²) in [5.74, 6) is 0.337. The molecule has 3 rings (SSSR count). The van der Waals surface area contributed by atoms with Gasteiger partial charge in [0.15, 0.2) is 5.82 Å². The van der Waals surface area contributed by atoms with E-state index in [0.717, 1.165) is 0 Å². The molecule has 1 aromatic heterocycles. The van der Waals surface area contributed by atoms with Gasteiger partial charge in [-0.25, -0.2) is 9.37 Å². The van der Waals surface area contributed by atoms with Crippen LogP contribution in [0.4, 0.5) is 4.39 Å². The topological polar surface area (TPSA) is 70.7 Å². The van der Waals surface area contributed by atoms with Gasteiger partial charge in [-0.15, -0.1) is 5.10 Å². The van der Waals surface area contributed by atoms with E-state index in [-0.39, 0.29) is 23.4 Å². The molecule has 0 aliphatic heterocycles. The van der Waals surface area contributed by atoms with Crippen LogP contribution in [0.1, 0.15) is 18.4 Å². The van der Waals surface area contributed by atoms with Gasteiger partial charge in [-0.1, -0.05) is 61.2 Å². The van der Waals surface area contributed by atoms with Gasteiger partial charge < -0.3 is 5.32 Å². The molecule has 5 nitrogen and oxygen atoms in total. The molecule has 0 unspecified atom stereocenters. The molecule has 2 N–H and O–H groups in total. The first-order valence-electron chi connectivity index (χ1n) is 8.25. The van der Waals surface area contributed by atoms with Crippen LogP contribution in [0.5, 0.6) is 0 Å². The highest BCUT2D eigenvalue weighted by Gasteiger charge is 2.12. The first kappa shape index (κ1) is 18.1. The summed E-state index contributed by atoms with van der Waals surface area (Å²) in [5, 5.41) is 10.1. The molecule has 7 heteroatoms. The largest absolute Gasteiger partial charge is 0.355 e. The van der Waals surface area contributed by atoms with Crippen molar-refractivity contribution >= 4 is 17.7 Å². The smallest absolute Gasteiger partial charge is 0.230 e. The molecule has 26 heavy (non-hydrogen) atoms. The number of benzene rings is 2. The van der Waals surface area contributed by atoms with Gasteiger partial charge in [-0.3, -0.25) is 9.89 Å². The van der Waals surface area contributed by atoms with E-state index in [2.05, 4.69) is 27.4 Å². The predicted molar refractivity (Wildman–Crippen MR) is 100 cm³/mol. The monoisotopic (exact) mass is 370 g/mol. The number of carbonyl (C=O) groups is 1. The second-order valence-corrected chi connectivity index (χ2v) is 6.79. The molecule has 0 saturated carbocycles. The molecule has 0 fully saturated rings. The number of nitrogens with one attached hydrogen (secondary N) is 2. The Labute approximate surface area is 155 Å². The Morgan fingerprint density at radius 2 is 1.92 bits per heavy atom. The Bertz CT molecular complexity index is 869. The summed E-state index contributed by atoms with van der Waals surface area (Å²) >= 11 is 1.21. The van der Waals surface area contributed by atoms with Gasteiger partial charge in [-0.05, 0) is 23.6 Å². The Kier molecular flexibility index (Phi) is 6.01. The summed E-state index contributed by atoms with van der Waals surface area (Å²) in [6.07, 6.45) is 0. The van der Waals surface area contributed by atoms with Crippen LogP contribution in [0.15, 0.2) is 59.8 Å². The fourth-order valence-electron chi connectivity index (χ4n) is 2.43. The van der Waals surface area contributed by atoms with Crippen LogP contribution in [0.25, 0.3) is 11.4 Å². The molecular weight excluding hydrogens is 351 g/mol. The number of thioether (sulfide) groups is 1. The van der Waals surface area contributed by atoms with Crippen molar-refractivity contribution in [2.24, 2.45) is 0 Å². The van der Waals surface area contributed by atoms with Crippen LogP contribution in [0.2, 0.25) is 0 Å². The van der Waals surface area contributed by atoms with Gasteiger partial charge in [0.2, 0.25) is 11.1 Å². The lowest BCUT2D eigenvalue weighted by atomic mass is 10.0. The number of H-pyrrole nitrogens is 1. The van der Waals surface area contributed by atoms with E-state index in [0.29, 0.717) is 23.1 Å². The van der Waals surface area contributed by atoms with Crippen LogP contribution in [0, 0.1) is 5.82 Å². The molecule has 0 spiro atoms. The minimum Gasteiger partial charge on any atom is -0.355 e. The highest BCUT2D eigenvalue weighted by Crippen LogP contribution is 2.21. The fourth-order valence-corrected chi connectivity index (χ4v) is 3.06. The molecule has 0 aliphatic rings. The van der Waals surface area contributed by atoms with Crippen LogP contribution in [0.3, 0.4) is 0 Å². The average molecular weight is 370 g/mol. The molecule has 2 aromatic carbocycles. The summed E-state index contributed by atoms with van der Waals surface area (Å²) in [5.41, 5.74) is 1.54. The lowest BCUT2D eigenvalue weighted by Gasteiger charge is -2.12. The summed E-state index contributed by atoms with van der Waals surface area (Å²) in [6, 6.07) is 16.4. The second kappa shape index (κ2) is 8.62. The maximum atomic E-state index is 13.8. The van der Waals surface area contributed by atoms with Gasteiger partial charge in [0.25, 0.3) is 0 Å². The van der Waals surface area contributed by atoms with Crippen molar-refractivity contribution < 1.29 is 9.18 Å². The van der Waals surface area contributed by atoms with E-state index in [1.54, 1.807) is 18.2 Å². The van der Waals surface area contributed by atoms with Crippen LogP contribution in [-0.2, 0) is 4.79 Å². The average Bonchev–Trinajstić information content (AvgIpc) is 3.14. The minimum absolute atomic E-state index is 0.0879. The summed E-state index contributed by atoms with van der Waals surface area (Å²) in [7, 11) is 0. The highest BCUT2D eigenvalue weighted by molar-refractivity contribution is 7.99. The minimum atomic E-state index is -0.368. The standard InChI is InChI=1S/C19H19FN4OS/c1-13(14-7-3-2-4-8-14)11-21-17(25)12-26-19-22-18(23-24-19)15-9-5-6-10-16(15)20/h2-10,13H,11-12H2,1H3,(H,21,25)(H,22,23,24)/t13-/m0/s1. The zero-order valence-electron chi connectivity index (χ0n) is 14.3. The van der Waals surface area contributed by atoms with Gasteiger partial charge in [-0.2, -0.15) is 0 Å². The van der Waals surface area contributed by atoms with E-state index in [4.69, 9.17) is 0 Å². The number of amides is 1. The number of halogens is 1. The van der Waals surface area contributed by atoms with Crippen molar-refractivity contribution in [3.63, 3.8) is 0 Å². The van der Waals surface area contributed by atoms with E-state index < -0.39 is 0 Å². The normalized spacial score (nSPS) is 11.9. The third kappa shape index (κ3) is 4.70. The molecule has 1 heterocycles. The SMILES string of the molecule is C[C@@H](CNC(=O)CSc1n[nH]c(-c2ccccc2F)n1)c1ccccc1. The van der Waals surface area contributed by atoms with Crippen LogP contribution >= 0.6 is 11.8 Å². The van der Waals surface area contributed by atoms with Crippen LogP contribution in [-0.4, -0.2) is 33.4 Å². The lowest BCUT2D eigenvalue weighted by molar-refractivity contribution is -0.118. The zero-order chi connectivity index (χ0) is 18.4. The summed E-state index contributed by atoms with van der Waals surface area (Å²) in [4.78, 5) is 16.3. The first-order valence-corrected chi connectivity index (χ1v) is 9.24. The Morgan fingerprint density at radius 1 is 1.19 bits per heavy atom. The van der Waals surface area contributed by atoms with Crippen molar-refractivity contribution in [1.82, 2.24) is 20.5 Å². The molecule has 1 amide bonds. The van der Waals surface area contributed by atoms with Crippen molar-refractivity contribution in [1.29, 1.82) is 0 Å². The van der Waals surface area contributed by atoms with Gasteiger partial charge >= 0.3 is 0 Å². The number of nitrogens with zero attached hydrogens (tertiary/aromatic N) is 2. The number of hydrogen-bond acceptors (Lipinski definition) is 4. The zero-order valence-corrected chi connectivity index (χ0v) is 15.1. The van der Waals surface area contributed by atoms with E-state index >= 15 is 0 Å². The lowest BCUT2D eigenvalue weighted by Crippen LogP contribution is -2.29. The molecule has 0 bridgehead atoms. The summed E-state index contributed by atoms with van der Waals surface area (Å²) < 4.78 is 13.8. The first-order chi connectivity index (χ1) is 12.6. The second-order valence-electron chi connectivity index (χ2n) is 5.85. The fraction of sp³-hybridized carbons (Fsp3) is 0.211. The van der Waals surface area contributed by atoms with Crippen molar-refractivity contribution in [3.05, 3.63) is 66.0 Å².